The van der Waals surface area contributed by atoms with E-state index in [9.17, 15) is 24.3 Å². The lowest BCUT2D eigenvalue weighted by molar-refractivity contribution is -0.147. The summed E-state index contributed by atoms with van der Waals surface area (Å²) in [5.41, 5.74) is -2.34. The van der Waals surface area contributed by atoms with Crippen LogP contribution in [0.1, 0.15) is 60.3 Å². The van der Waals surface area contributed by atoms with Crippen molar-refractivity contribution in [2.45, 2.75) is 82.5 Å². The summed E-state index contributed by atoms with van der Waals surface area (Å²) in [7, 11) is -2.11. The first-order valence-electron chi connectivity index (χ1n) is 14.1. The number of likely N-dealkylation sites (tertiary alicyclic amines) is 1. The van der Waals surface area contributed by atoms with Crippen LogP contribution in [0.2, 0.25) is 5.04 Å². The maximum atomic E-state index is 13.7. The van der Waals surface area contributed by atoms with Crippen molar-refractivity contribution >= 4 is 36.7 Å². The summed E-state index contributed by atoms with van der Waals surface area (Å²) >= 11 is 0. The molecule has 41 heavy (non-hydrogen) atoms. The summed E-state index contributed by atoms with van der Waals surface area (Å²) in [6, 6.07) is 18.1. The van der Waals surface area contributed by atoms with Gasteiger partial charge in [0.25, 0.3) is 8.32 Å². The number of nitrogens with one attached hydrogen (secondary N) is 1. The third-order valence-electron chi connectivity index (χ3n) is 8.00. The maximum absolute atomic E-state index is 13.7. The smallest absolute Gasteiger partial charge is 0.411 e. The third-order valence-corrected chi connectivity index (χ3v) is 12.5. The molecule has 0 bridgehead atoms. The molecule has 0 spiro atoms. The fourth-order valence-electron chi connectivity index (χ4n) is 5.61. The van der Waals surface area contributed by atoms with Gasteiger partial charge < -0.3 is 24.7 Å². The van der Waals surface area contributed by atoms with Gasteiger partial charge in [-0.15, -0.1) is 0 Å². The van der Waals surface area contributed by atoms with Crippen LogP contribution in [-0.2, 0) is 19.1 Å². The lowest BCUT2D eigenvalue weighted by Crippen LogP contribution is -2.65. The summed E-state index contributed by atoms with van der Waals surface area (Å²) < 4.78 is 10.5. The van der Waals surface area contributed by atoms with Gasteiger partial charge in [-0.3, -0.25) is 9.69 Å². The van der Waals surface area contributed by atoms with E-state index >= 15 is 0 Å². The fraction of sp³-hybridized carbons (Fsp3) is 0.516. The molecule has 1 fully saturated rings. The van der Waals surface area contributed by atoms with Crippen LogP contribution in [0.15, 0.2) is 60.7 Å². The molecule has 2 amide bonds. The highest BCUT2D eigenvalue weighted by Crippen LogP contribution is 2.40. The van der Waals surface area contributed by atoms with Gasteiger partial charge in [0.05, 0.1) is 13.7 Å². The average molecular weight is 585 g/mol. The van der Waals surface area contributed by atoms with Crippen LogP contribution >= 0.6 is 0 Å². The summed E-state index contributed by atoms with van der Waals surface area (Å²) in [5, 5.41) is 14.2. The molecule has 1 saturated heterocycles. The van der Waals surface area contributed by atoms with Crippen molar-refractivity contribution in [1.82, 2.24) is 10.2 Å². The maximum Gasteiger partial charge on any atom is 0.411 e. The second-order valence-electron chi connectivity index (χ2n) is 12.3. The van der Waals surface area contributed by atoms with Crippen molar-refractivity contribution in [3.8, 4) is 0 Å². The zero-order valence-electron chi connectivity index (χ0n) is 25.0. The van der Waals surface area contributed by atoms with E-state index in [1.807, 2.05) is 74.5 Å². The summed E-state index contributed by atoms with van der Waals surface area (Å²) in [6.45, 7) is 8.76. The number of methoxy groups -OCH3 is 1. The largest absolute Gasteiger partial charge is 0.467 e. The lowest BCUT2D eigenvalue weighted by Gasteiger charge is -2.42. The van der Waals surface area contributed by atoms with Crippen LogP contribution in [0.5, 0.6) is 0 Å². The number of carbonyl (C=O) groups excluding carboxylic acids is 3. The Morgan fingerprint density at radius 3 is 2.00 bits per heavy atom. The van der Waals surface area contributed by atoms with E-state index < -0.39 is 55.1 Å². The minimum Gasteiger partial charge on any atom is -0.467 e. The van der Waals surface area contributed by atoms with E-state index in [1.54, 1.807) is 20.8 Å². The van der Waals surface area contributed by atoms with Crippen LogP contribution in [-0.4, -0.2) is 78.5 Å². The van der Waals surface area contributed by atoms with Crippen LogP contribution in [0.3, 0.4) is 0 Å². The third kappa shape index (κ3) is 6.82. The predicted octanol–water partition coefficient (Wildman–Crippen LogP) is 2.72. The molecule has 2 atom stereocenters. The van der Waals surface area contributed by atoms with E-state index in [-0.39, 0.29) is 19.4 Å². The van der Waals surface area contributed by atoms with E-state index in [0.717, 1.165) is 10.4 Å². The first-order chi connectivity index (χ1) is 19.2. The first kappa shape index (κ1) is 32.3. The molecule has 2 aromatic rings. The van der Waals surface area contributed by atoms with E-state index in [4.69, 9.17) is 9.47 Å². The zero-order chi connectivity index (χ0) is 30.5. The van der Waals surface area contributed by atoms with Gasteiger partial charge in [0.1, 0.15) is 17.2 Å². The summed E-state index contributed by atoms with van der Waals surface area (Å²) in [4.78, 5) is 53.3. The number of amides is 2. The molecule has 0 saturated carbocycles. The normalized spacial score (nSPS) is 18.5. The Morgan fingerprint density at radius 1 is 1.00 bits per heavy atom. The van der Waals surface area contributed by atoms with Gasteiger partial charge in [-0.05, 0) is 61.9 Å². The highest BCUT2D eigenvalue weighted by atomic mass is 28.4. The molecular weight excluding hydrogens is 540 g/mol. The van der Waals surface area contributed by atoms with Crippen molar-refractivity contribution in [1.29, 1.82) is 0 Å². The van der Waals surface area contributed by atoms with Crippen LogP contribution in [0.4, 0.5) is 4.79 Å². The Labute approximate surface area is 244 Å². The average Bonchev–Trinajstić information content (AvgIpc) is 3.40. The molecule has 10 heteroatoms. The Morgan fingerprint density at radius 2 is 1.54 bits per heavy atom. The van der Waals surface area contributed by atoms with E-state index in [1.165, 1.54) is 12.0 Å². The molecule has 3 rings (SSSR count). The molecule has 2 aromatic carbocycles. The van der Waals surface area contributed by atoms with Gasteiger partial charge in [-0.2, -0.15) is 0 Å². The van der Waals surface area contributed by atoms with Gasteiger partial charge in [-0.1, -0.05) is 74.5 Å². The number of carbonyl (C=O) groups is 3. The second kappa shape index (κ2) is 12.8. The number of ether oxygens (including phenoxy) is 2. The highest BCUT2D eigenvalue weighted by molar-refractivity contribution is 6.98. The number of hydrogen-bond donors (Lipinski definition) is 3. The molecular formula is C31H44N2O7Si. The van der Waals surface area contributed by atoms with Crippen molar-refractivity contribution in [2.75, 3.05) is 20.3 Å². The molecule has 0 aliphatic carbocycles. The number of benzene rings is 2. The Kier molecular flexibility index (Phi) is 10.0. The lowest BCUT2D eigenvalue weighted by atomic mass is 9.94. The van der Waals surface area contributed by atoms with Gasteiger partial charge in [0.15, 0.2) is 0 Å². The van der Waals surface area contributed by atoms with Gasteiger partial charge in [-0.25, -0.2) is 9.59 Å². The molecule has 1 heterocycles. The van der Waals surface area contributed by atoms with Crippen LogP contribution < -0.4 is 15.7 Å². The number of rotatable bonds is 10. The van der Waals surface area contributed by atoms with Gasteiger partial charge in [0, 0.05) is 6.54 Å². The number of aliphatic hydroxyl groups is 1. The number of esters is 1. The second-order valence-corrected chi connectivity index (χ2v) is 16.3. The zero-order valence-corrected chi connectivity index (χ0v) is 26.0. The Balaban J connectivity index is 1.88. The molecule has 3 N–H and O–H groups in total. The standard InChI is InChI=1S/C31H44N2O7Si/c1-29(2,3)40-28(37)33-21-13-19-31(33,22-34)27(36)32-25(26(35)39-6)18-20-30(4,5)41(38,23-14-9-7-10-15-23)24-16-11-8-12-17-24/h7-12,14-17,25,34,38H,13,18-22H2,1-6H3,(H,32,36)/t25-,31?/m0/s1. The summed E-state index contributed by atoms with van der Waals surface area (Å²) in [6.07, 6.45) is 0.575. The van der Waals surface area contributed by atoms with Crippen molar-refractivity contribution in [3.05, 3.63) is 60.7 Å². The SMILES string of the molecule is COC(=O)[C@H](CCC(C)(C)[Si](O)(c1ccccc1)c1ccccc1)NC(=O)C1(CO)CCCN1C(=O)OC(C)(C)C. The van der Waals surface area contributed by atoms with Gasteiger partial charge >= 0.3 is 12.1 Å². The topological polar surface area (TPSA) is 125 Å². The number of aliphatic hydroxyl groups excluding tert-OH is 1. The minimum atomic E-state index is -3.35. The molecule has 1 unspecified atom stereocenters. The number of hydrogen-bond acceptors (Lipinski definition) is 7. The Bertz CT molecular complexity index is 1160. The quantitative estimate of drug-likeness (QED) is 0.290. The Hall–Kier alpha value is -3.21. The van der Waals surface area contributed by atoms with E-state index in [2.05, 4.69) is 5.32 Å². The first-order valence-corrected chi connectivity index (χ1v) is 16.0. The van der Waals surface area contributed by atoms with Crippen molar-refractivity contribution in [3.63, 3.8) is 0 Å². The number of nitrogens with zero attached hydrogens (tertiary/aromatic N) is 1. The van der Waals surface area contributed by atoms with E-state index in [0.29, 0.717) is 12.8 Å². The molecule has 1 aliphatic heterocycles. The fourth-order valence-corrected chi connectivity index (χ4v) is 9.36. The molecule has 0 aromatic heterocycles. The van der Waals surface area contributed by atoms with Crippen molar-refractivity contribution < 1.29 is 33.8 Å². The molecule has 224 valence electrons. The minimum absolute atomic E-state index is 0.175. The van der Waals surface area contributed by atoms with Crippen molar-refractivity contribution in [2.24, 2.45) is 0 Å². The molecule has 1 aliphatic rings. The van der Waals surface area contributed by atoms with Crippen LogP contribution in [0.25, 0.3) is 0 Å². The van der Waals surface area contributed by atoms with Gasteiger partial charge in [0.2, 0.25) is 5.91 Å². The highest BCUT2D eigenvalue weighted by Gasteiger charge is 2.53. The predicted molar refractivity (Wildman–Crippen MR) is 159 cm³/mol. The monoisotopic (exact) mass is 584 g/mol. The summed E-state index contributed by atoms with van der Waals surface area (Å²) in [5.74, 6) is -1.29. The van der Waals surface area contributed by atoms with Crippen LogP contribution in [0, 0.1) is 0 Å². The molecule has 0 radical (unpaired) electrons. The molecule has 9 nitrogen and oxygen atoms in total.